The number of alkyl halides is 3. The molecule has 0 unspecified atom stereocenters. The number of halogens is 3. The molecule has 0 saturated carbocycles. The van der Waals surface area contributed by atoms with Crippen molar-refractivity contribution in [2.45, 2.75) is 6.18 Å². The number of hydrogen-bond acceptors (Lipinski definition) is 3. The summed E-state index contributed by atoms with van der Waals surface area (Å²) >= 11 is 0. The van der Waals surface area contributed by atoms with Crippen LogP contribution in [0, 0.1) is 5.21 Å². The standard InChI is InChI=1S/C2H3F3N2O/c3-2(4,5)1-6-7-8/h1H2,(H,6,8)/p-1. The van der Waals surface area contributed by atoms with Crippen LogP contribution >= 0.6 is 0 Å². The lowest BCUT2D eigenvalue weighted by molar-refractivity contribution is -0.119. The Morgan fingerprint density at radius 2 is 1.88 bits per heavy atom. The van der Waals surface area contributed by atoms with Gasteiger partial charge in [-0.3, -0.25) is 0 Å². The highest BCUT2D eigenvalue weighted by atomic mass is 19.4. The van der Waals surface area contributed by atoms with Gasteiger partial charge in [0.25, 0.3) is 0 Å². The van der Waals surface area contributed by atoms with E-state index in [1.807, 2.05) is 0 Å². The van der Waals surface area contributed by atoms with Gasteiger partial charge in [0.05, 0.1) is 0 Å². The van der Waals surface area contributed by atoms with E-state index in [0.29, 0.717) is 0 Å². The fraction of sp³-hybridized carbons (Fsp3) is 1.00. The van der Waals surface area contributed by atoms with Crippen LogP contribution in [-0.4, -0.2) is 12.7 Å². The lowest BCUT2D eigenvalue weighted by Gasteiger charge is -1.98. The van der Waals surface area contributed by atoms with Crippen LogP contribution in [0.1, 0.15) is 0 Å². The van der Waals surface area contributed by atoms with Crippen molar-refractivity contribution in [3.8, 4) is 0 Å². The molecule has 0 radical (unpaired) electrons. The summed E-state index contributed by atoms with van der Waals surface area (Å²) in [5.74, 6) is 0. The Labute approximate surface area is 42.8 Å². The van der Waals surface area contributed by atoms with E-state index in [2.05, 4.69) is 5.11 Å². The Kier molecular flexibility index (Phi) is 2.23. The Morgan fingerprint density at radius 1 is 1.38 bits per heavy atom. The first kappa shape index (κ1) is 7.19. The monoisotopic (exact) mass is 127 g/mol. The van der Waals surface area contributed by atoms with E-state index < -0.39 is 12.7 Å². The van der Waals surface area contributed by atoms with Gasteiger partial charge in [-0.1, -0.05) is 0 Å². The molecule has 3 nitrogen and oxygen atoms in total. The first-order valence-corrected chi connectivity index (χ1v) is 1.62. The molecule has 0 aliphatic rings. The SMILES string of the molecule is [O-]N=NCC(F)(F)F. The van der Waals surface area contributed by atoms with Crippen molar-refractivity contribution in [2.75, 3.05) is 6.54 Å². The van der Waals surface area contributed by atoms with Crippen LogP contribution in [0.4, 0.5) is 13.2 Å². The maximum Gasteiger partial charge on any atom is 0.409 e. The quantitative estimate of drug-likeness (QED) is 0.389. The molecule has 0 aromatic rings. The first-order valence-electron chi connectivity index (χ1n) is 1.62. The zero-order valence-corrected chi connectivity index (χ0v) is 3.64. The summed E-state index contributed by atoms with van der Waals surface area (Å²) in [7, 11) is 0. The van der Waals surface area contributed by atoms with E-state index in [0.717, 1.165) is 0 Å². The van der Waals surface area contributed by atoms with Gasteiger partial charge in [0.2, 0.25) is 0 Å². The molecule has 0 aliphatic carbocycles. The highest BCUT2D eigenvalue weighted by molar-refractivity contribution is 4.50. The van der Waals surface area contributed by atoms with Crippen LogP contribution < -0.4 is 0 Å². The van der Waals surface area contributed by atoms with Crippen LogP contribution in [0.25, 0.3) is 0 Å². The average molecular weight is 127 g/mol. The molecule has 8 heavy (non-hydrogen) atoms. The number of hydrogen-bond donors (Lipinski definition) is 0. The highest BCUT2D eigenvalue weighted by Gasteiger charge is 2.26. The molecular formula is C2H2F3N2O-. The third-order valence-electron chi connectivity index (χ3n) is 0.308. The van der Waals surface area contributed by atoms with Gasteiger partial charge in [0.15, 0.2) is 6.54 Å². The zero-order valence-electron chi connectivity index (χ0n) is 3.64. The Balaban J connectivity index is 3.39. The van der Waals surface area contributed by atoms with Crippen molar-refractivity contribution in [3.63, 3.8) is 0 Å². The number of rotatable bonds is 1. The van der Waals surface area contributed by atoms with Crippen LogP contribution in [-0.2, 0) is 0 Å². The van der Waals surface area contributed by atoms with Crippen molar-refractivity contribution >= 4 is 0 Å². The van der Waals surface area contributed by atoms with E-state index in [4.69, 9.17) is 5.21 Å². The molecule has 0 aromatic carbocycles. The van der Waals surface area contributed by atoms with E-state index in [-0.39, 0.29) is 0 Å². The van der Waals surface area contributed by atoms with E-state index >= 15 is 0 Å². The smallest absolute Gasteiger partial charge is 0.409 e. The minimum Gasteiger partial charge on any atom is -0.775 e. The maximum atomic E-state index is 11.0. The van der Waals surface area contributed by atoms with E-state index in [1.54, 1.807) is 5.28 Å². The predicted octanol–water partition coefficient (Wildman–Crippen LogP) is 1.50. The molecule has 0 atom stereocenters. The second-order valence-electron chi connectivity index (χ2n) is 0.996. The summed E-state index contributed by atoms with van der Waals surface area (Å²) in [5.41, 5.74) is 0. The molecule has 0 N–H and O–H groups in total. The molecule has 0 heterocycles. The first-order chi connectivity index (χ1) is 3.56. The second-order valence-corrected chi connectivity index (χ2v) is 0.996. The summed E-state index contributed by atoms with van der Waals surface area (Å²) in [6, 6.07) is 0. The topological polar surface area (TPSA) is 47.8 Å². The van der Waals surface area contributed by atoms with Gasteiger partial charge in [-0.15, -0.1) is 0 Å². The molecule has 0 rings (SSSR count). The van der Waals surface area contributed by atoms with Crippen LogP contribution in [0.5, 0.6) is 0 Å². The molecule has 0 fully saturated rings. The summed E-state index contributed by atoms with van der Waals surface area (Å²) in [4.78, 5) is 0. The summed E-state index contributed by atoms with van der Waals surface area (Å²) in [6.07, 6.45) is -4.41. The number of nitrogens with zero attached hydrogens (tertiary/aromatic N) is 2. The molecule has 6 heteroatoms. The molecule has 0 aromatic heterocycles. The van der Waals surface area contributed by atoms with Gasteiger partial charge in [0.1, 0.15) is 0 Å². The van der Waals surface area contributed by atoms with Crippen molar-refractivity contribution in [2.24, 2.45) is 10.4 Å². The molecular weight excluding hydrogens is 125 g/mol. The minimum absolute atomic E-state index is 1.49. The normalized spacial score (nSPS) is 12.9. The fourth-order valence-corrected chi connectivity index (χ4v) is 0.109. The Bertz CT molecular complexity index is 87.8. The molecule has 0 spiro atoms. The van der Waals surface area contributed by atoms with Crippen molar-refractivity contribution < 1.29 is 13.2 Å². The van der Waals surface area contributed by atoms with Gasteiger partial charge in [-0.05, 0) is 0 Å². The van der Waals surface area contributed by atoms with E-state index in [1.165, 1.54) is 0 Å². The van der Waals surface area contributed by atoms with Crippen LogP contribution in [0.2, 0.25) is 0 Å². The van der Waals surface area contributed by atoms with Crippen molar-refractivity contribution in [3.05, 3.63) is 5.21 Å². The summed E-state index contributed by atoms with van der Waals surface area (Å²) < 4.78 is 32.8. The van der Waals surface area contributed by atoms with Crippen molar-refractivity contribution in [1.29, 1.82) is 0 Å². The molecule has 0 aliphatic heterocycles. The largest absolute Gasteiger partial charge is 0.775 e. The van der Waals surface area contributed by atoms with Crippen LogP contribution in [0.15, 0.2) is 10.4 Å². The fourth-order valence-electron chi connectivity index (χ4n) is 0.109. The van der Waals surface area contributed by atoms with Gasteiger partial charge in [0, 0.05) is 0 Å². The third kappa shape index (κ3) is 5.19. The third-order valence-corrected chi connectivity index (χ3v) is 0.308. The maximum absolute atomic E-state index is 11.0. The minimum atomic E-state index is -4.41. The molecule has 0 bridgehead atoms. The van der Waals surface area contributed by atoms with E-state index in [9.17, 15) is 13.2 Å². The van der Waals surface area contributed by atoms with Crippen LogP contribution in [0.3, 0.4) is 0 Å². The molecule has 0 amide bonds. The van der Waals surface area contributed by atoms with Gasteiger partial charge in [-0.2, -0.15) is 18.3 Å². The van der Waals surface area contributed by atoms with Crippen molar-refractivity contribution in [1.82, 2.24) is 0 Å². The van der Waals surface area contributed by atoms with Gasteiger partial charge in [-0.25, -0.2) is 5.28 Å². The Morgan fingerprint density at radius 3 is 2.00 bits per heavy atom. The van der Waals surface area contributed by atoms with Gasteiger partial charge < -0.3 is 5.21 Å². The predicted molar refractivity (Wildman–Crippen MR) is 19.1 cm³/mol. The Hall–Kier alpha value is -0.810. The lowest BCUT2D eigenvalue weighted by atomic mass is 10.7. The zero-order chi connectivity index (χ0) is 6.62. The molecule has 0 saturated heterocycles. The second kappa shape index (κ2) is 2.49. The lowest BCUT2D eigenvalue weighted by Crippen LogP contribution is -2.10. The average Bonchev–Trinajstić information content (AvgIpc) is 1.59. The van der Waals surface area contributed by atoms with Gasteiger partial charge >= 0.3 is 6.18 Å². The highest BCUT2D eigenvalue weighted by Crippen LogP contribution is 2.13. The summed E-state index contributed by atoms with van der Waals surface area (Å²) in [5, 5.41) is 12.8. The molecule has 48 valence electrons. The summed E-state index contributed by atoms with van der Waals surface area (Å²) in [6.45, 7) is -1.49.